The normalized spacial score (nSPS) is 24.8. The van der Waals surface area contributed by atoms with E-state index in [1.54, 1.807) is 23.4 Å². The summed E-state index contributed by atoms with van der Waals surface area (Å²) in [5.41, 5.74) is -0.493. The molecule has 0 saturated carbocycles. The quantitative estimate of drug-likeness (QED) is 0.647. The standard InChI is InChI=1S/C21H31N5O3.C2HF3O2/c1-24(2)19(28)21-7-3-10-25(18(27)16-5-11-29-12-6-16)13-17(21)14-26(15-21)20-22-8-4-9-23-20;3-2(4,5)1(6)7/h4,8-9,16-17H,3,5-7,10-15H2,1-2H3;(H,6,7)/t17-,21-;/m0./s1. The number of amides is 2. The molecule has 36 heavy (non-hydrogen) atoms. The van der Waals surface area contributed by atoms with Crippen LogP contribution in [0.2, 0.25) is 0 Å². The Labute approximate surface area is 207 Å². The fraction of sp³-hybridized carbons (Fsp3) is 0.696. The lowest BCUT2D eigenvalue weighted by molar-refractivity contribution is -0.192. The van der Waals surface area contributed by atoms with E-state index < -0.39 is 17.6 Å². The van der Waals surface area contributed by atoms with Gasteiger partial charge in [0.05, 0.1) is 5.41 Å². The fourth-order valence-electron chi connectivity index (χ4n) is 5.24. The first-order chi connectivity index (χ1) is 17.0. The maximum atomic E-state index is 13.3. The molecule has 1 aromatic heterocycles. The highest BCUT2D eigenvalue weighted by atomic mass is 19.4. The van der Waals surface area contributed by atoms with Crippen LogP contribution >= 0.6 is 0 Å². The van der Waals surface area contributed by atoms with Gasteiger partial charge < -0.3 is 24.5 Å². The Morgan fingerprint density at radius 2 is 1.75 bits per heavy atom. The van der Waals surface area contributed by atoms with Crippen molar-refractivity contribution < 1.29 is 37.4 Å². The first-order valence-electron chi connectivity index (χ1n) is 11.9. The number of likely N-dealkylation sites (tertiary alicyclic amines) is 1. The first kappa shape index (κ1) is 27.6. The highest BCUT2D eigenvalue weighted by molar-refractivity contribution is 5.85. The van der Waals surface area contributed by atoms with Gasteiger partial charge in [-0.15, -0.1) is 0 Å². The van der Waals surface area contributed by atoms with Gasteiger partial charge in [0, 0.05) is 77.7 Å². The summed E-state index contributed by atoms with van der Waals surface area (Å²) in [5.74, 6) is -1.58. The third-order valence-corrected chi connectivity index (χ3v) is 6.98. The molecule has 4 rings (SSSR count). The molecular weight excluding hydrogens is 483 g/mol. The summed E-state index contributed by atoms with van der Waals surface area (Å²) in [5, 5.41) is 7.12. The molecule has 0 unspecified atom stereocenters. The lowest BCUT2D eigenvalue weighted by atomic mass is 9.74. The zero-order valence-electron chi connectivity index (χ0n) is 20.4. The first-order valence-corrected chi connectivity index (χ1v) is 11.9. The number of hydrogen-bond acceptors (Lipinski definition) is 7. The van der Waals surface area contributed by atoms with Crippen LogP contribution in [0.25, 0.3) is 0 Å². The number of nitrogens with zero attached hydrogens (tertiary/aromatic N) is 5. The molecule has 3 saturated heterocycles. The molecule has 0 aromatic carbocycles. The molecule has 0 bridgehead atoms. The topological polar surface area (TPSA) is 116 Å². The lowest BCUT2D eigenvalue weighted by Gasteiger charge is -2.35. The third-order valence-electron chi connectivity index (χ3n) is 6.98. The van der Waals surface area contributed by atoms with Gasteiger partial charge in [0.15, 0.2) is 0 Å². The van der Waals surface area contributed by atoms with Crippen molar-refractivity contribution in [3.63, 3.8) is 0 Å². The van der Waals surface area contributed by atoms with E-state index in [1.165, 1.54) is 0 Å². The number of alkyl halides is 3. The minimum Gasteiger partial charge on any atom is -0.475 e. The number of aromatic nitrogens is 2. The zero-order chi connectivity index (χ0) is 26.5. The summed E-state index contributed by atoms with van der Waals surface area (Å²) in [6, 6.07) is 1.80. The molecule has 3 aliphatic rings. The Morgan fingerprint density at radius 3 is 2.31 bits per heavy atom. The van der Waals surface area contributed by atoms with Crippen molar-refractivity contribution in [3.05, 3.63) is 18.5 Å². The summed E-state index contributed by atoms with van der Waals surface area (Å²) in [6.07, 6.45) is 1.61. The Hall–Kier alpha value is -2.96. The minimum absolute atomic E-state index is 0.0516. The molecule has 4 heterocycles. The van der Waals surface area contributed by atoms with E-state index in [4.69, 9.17) is 14.6 Å². The Kier molecular flexibility index (Phi) is 8.75. The van der Waals surface area contributed by atoms with Crippen molar-refractivity contribution in [3.8, 4) is 0 Å². The summed E-state index contributed by atoms with van der Waals surface area (Å²) in [6.45, 7) is 3.99. The van der Waals surface area contributed by atoms with E-state index in [-0.39, 0.29) is 23.7 Å². The summed E-state index contributed by atoms with van der Waals surface area (Å²) < 4.78 is 37.2. The second kappa shape index (κ2) is 11.4. The number of fused-ring (bicyclic) bond motifs is 1. The van der Waals surface area contributed by atoms with Crippen LogP contribution in [-0.2, 0) is 19.1 Å². The number of halogens is 3. The maximum absolute atomic E-state index is 13.3. The number of carbonyl (C=O) groups is 3. The van der Waals surface area contributed by atoms with Gasteiger partial charge >= 0.3 is 12.1 Å². The van der Waals surface area contributed by atoms with Gasteiger partial charge in [-0.3, -0.25) is 9.59 Å². The number of aliphatic carboxylic acids is 1. The predicted molar refractivity (Wildman–Crippen MR) is 122 cm³/mol. The predicted octanol–water partition coefficient (Wildman–Crippen LogP) is 1.67. The van der Waals surface area contributed by atoms with Crippen LogP contribution in [0.3, 0.4) is 0 Å². The SMILES string of the molecule is CN(C)C(=O)[C@]12CCCN(C(=O)C3CCOCC3)C[C@H]1CN(c1ncccn1)C2.O=C(O)C(F)(F)F. The van der Waals surface area contributed by atoms with Crippen molar-refractivity contribution in [2.24, 2.45) is 17.3 Å². The fourth-order valence-corrected chi connectivity index (χ4v) is 5.24. The molecule has 2 amide bonds. The monoisotopic (exact) mass is 515 g/mol. The smallest absolute Gasteiger partial charge is 0.475 e. The maximum Gasteiger partial charge on any atom is 0.490 e. The number of carboxylic acid groups (broad SMARTS) is 1. The van der Waals surface area contributed by atoms with Gasteiger partial charge in [-0.25, -0.2) is 14.8 Å². The van der Waals surface area contributed by atoms with Crippen LogP contribution in [0.5, 0.6) is 0 Å². The number of hydrogen-bond donors (Lipinski definition) is 1. The number of carbonyl (C=O) groups excluding carboxylic acids is 2. The summed E-state index contributed by atoms with van der Waals surface area (Å²) >= 11 is 0. The number of rotatable bonds is 3. The van der Waals surface area contributed by atoms with Gasteiger partial charge in [-0.05, 0) is 31.7 Å². The van der Waals surface area contributed by atoms with Crippen molar-refractivity contribution in [1.82, 2.24) is 19.8 Å². The van der Waals surface area contributed by atoms with E-state index >= 15 is 0 Å². The number of carboxylic acids is 1. The van der Waals surface area contributed by atoms with Crippen molar-refractivity contribution >= 4 is 23.7 Å². The van der Waals surface area contributed by atoms with Gasteiger partial charge in [0.2, 0.25) is 17.8 Å². The second-order valence-corrected chi connectivity index (χ2v) is 9.56. The van der Waals surface area contributed by atoms with E-state index in [0.717, 1.165) is 32.2 Å². The van der Waals surface area contributed by atoms with Crippen LogP contribution in [0.1, 0.15) is 25.7 Å². The van der Waals surface area contributed by atoms with Crippen molar-refractivity contribution in [1.29, 1.82) is 0 Å². The molecule has 200 valence electrons. The van der Waals surface area contributed by atoms with Gasteiger partial charge in [0.1, 0.15) is 0 Å². The van der Waals surface area contributed by atoms with E-state index in [1.807, 2.05) is 19.0 Å². The molecule has 0 aliphatic carbocycles. The highest BCUT2D eigenvalue weighted by Crippen LogP contribution is 2.45. The number of anilines is 1. The highest BCUT2D eigenvalue weighted by Gasteiger charge is 2.54. The molecule has 3 fully saturated rings. The molecule has 13 heteroatoms. The Morgan fingerprint density at radius 1 is 1.14 bits per heavy atom. The zero-order valence-corrected chi connectivity index (χ0v) is 20.4. The molecule has 1 N–H and O–H groups in total. The lowest BCUT2D eigenvalue weighted by Crippen LogP contribution is -2.48. The van der Waals surface area contributed by atoms with Gasteiger partial charge in [0.25, 0.3) is 0 Å². The average molecular weight is 516 g/mol. The van der Waals surface area contributed by atoms with Crippen LogP contribution in [0.15, 0.2) is 18.5 Å². The Balaban J connectivity index is 0.000000454. The average Bonchev–Trinajstić information content (AvgIpc) is 3.12. The van der Waals surface area contributed by atoms with Gasteiger partial charge in [-0.2, -0.15) is 13.2 Å². The van der Waals surface area contributed by atoms with Crippen LogP contribution in [0.4, 0.5) is 19.1 Å². The minimum atomic E-state index is -5.08. The molecule has 3 aliphatic heterocycles. The summed E-state index contributed by atoms with van der Waals surface area (Å²) in [4.78, 5) is 50.1. The van der Waals surface area contributed by atoms with E-state index in [2.05, 4.69) is 14.9 Å². The van der Waals surface area contributed by atoms with Crippen molar-refractivity contribution in [2.45, 2.75) is 31.9 Å². The van der Waals surface area contributed by atoms with Gasteiger partial charge in [-0.1, -0.05) is 0 Å². The second-order valence-electron chi connectivity index (χ2n) is 9.56. The Bertz CT molecular complexity index is 926. The molecule has 0 spiro atoms. The number of ether oxygens (including phenoxy) is 1. The van der Waals surface area contributed by atoms with E-state index in [9.17, 15) is 22.8 Å². The largest absolute Gasteiger partial charge is 0.490 e. The van der Waals surface area contributed by atoms with E-state index in [0.29, 0.717) is 38.8 Å². The van der Waals surface area contributed by atoms with Crippen molar-refractivity contribution in [2.75, 3.05) is 58.4 Å². The van der Waals surface area contributed by atoms with Crippen LogP contribution < -0.4 is 4.90 Å². The van der Waals surface area contributed by atoms with Crippen LogP contribution in [0, 0.1) is 17.3 Å². The van der Waals surface area contributed by atoms with Crippen LogP contribution in [-0.4, -0.2) is 102 Å². The molecule has 10 nitrogen and oxygen atoms in total. The third kappa shape index (κ3) is 6.23. The molecule has 2 atom stereocenters. The molecular formula is C23H32F3N5O5. The summed E-state index contributed by atoms with van der Waals surface area (Å²) in [7, 11) is 3.65. The molecule has 0 radical (unpaired) electrons. The molecule has 1 aromatic rings.